The van der Waals surface area contributed by atoms with Gasteiger partial charge in [0.2, 0.25) is 15.9 Å². The number of hydrogen-bond acceptors (Lipinski definition) is 5. The van der Waals surface area contributed by atoms with Gasteiger partial charge >= 0.3 is 0 Å². The van der Waals surface area contributed by atoms with E-state index >= 15 is 0 Å². The zero-order chi connectivity index (χ0) is 21.8. The Morgan fingerprint density at radius 1 is 1.16 bits per heavy atom. The SMILES string of the molecule is Cc1nccn1-c1cc(CNC(=O)C2CCCN(S(=O)(=O)c3ccccc3)C2)ccn1. The zero-order valence-corrected chi connectivity index (χ0v) is 18.1. The van der Waals surface area contributed by atoms with Crippen molar-refractivity contribution in [1.82, 2.24) is 24.2 Å². The minimum atomic E-state index is -3.59. The summed E-state index contributed by atoms with van der Waals surface area (Å²) < 4.78 is 29.1. The molecular formula is C22H25N5O3S. The molecule has 1 aliphatic rings. The lowest BCUT2D eigenvalue weighted by Crippen LogP contribution is -2.45. The van der Waals surface area contributed by atoms with Crippen LogP contribution in [-0.4, -0.2) is 46.3 Å². The van der Waals surface area contributed by atoms with Gasteiger partial charge in [-0.05, 0) is 49.6 Å². The predicted octanol–water partition coefficient (Wildman–Crippen LogP) is 2.29. The van der Waals surface area contributed by atoms with Gasteiger partial charge in [0.25, 0.3) is 0 Å². The highest BCUT2D eigenvalue weighted by molar-refractivity contribution is 7.89. The molecule has 0 spiro atoms. The van der Waals surface area contributed by atoms with E-state index in [2.05, 4.69) is 15.3 Å². The Kier molecular flexibility index (Phi) is 6.15. The first-order valence-electron chi connectivity index (χ1n) is 10.2. The fraction of sp³-hybridized carbons (Fsp3) is 0.318. The van der Waals surface area contributed by atoms with E-state index in [1.165, 1.54) is 4.31 Å². The van der Waals surface area contributed by atoms with E-state index in [-0.39, 0.29) is 23.3 Å². The molecular weight excluding hydrogens is 414 g/mol. The Morgan fingerprint density at radius 2 is 1.97 bits per heavy atom. The van der Waals surface area contributed by atoms with E-state index < -0.39 is 10.0 Å². The molecule has 3 aromatic rings. The summed E-state index contributed by atoms with van der Waals surface area (Å²) in [4.78, 5) is 21.6. The summed E-state index contributed by atoms with van der Waals surface area (Å²) in [6, 6.07) is 12.1. The van der Waals surface area contributed by atoms with Crippen LogP contribution in [0, 0.1) is 12.8 Å². The first-order valence-corrected chi connectivity index (χ1v) is 11.7. The second-order valence-electron chi connectivity index (χ2n) is 7.60. The van der Waals surface area contributed by atoms with Crippen LogP contribution in [0.4, 0.5) is 0 Å². The number of piperidine rings is 1. The highest BCUT2D eigenvalue weighted by Crippen LogP contribution is 2.24. The number of carbonyl (C=O) groups is 1. The first-order chi connectivity index (χ1) is 14.9. The molecule has 0 radical (unpaired) electrons. The second-order valence-corrected chi connectivity index (χ2v) is 9.54. The lowest BCUT2D eigenvalue weighted by atomic mass is 9.99. The number of amides is 1. The molecule has 1 saturated heterocycles. The molecule has 0 aliphatic carbocycles. The van der Waals surface area contributed by atoms with E-state index in [9.17, 15) is 13.2 Å². The van der Waals surface area contributed by atoms with Crippen LogP contribution in [0.3, 0.4) is 0 Å². The van der Waals surface area contributed by atoms with Gasteiger partial charge in [0, 0.05) is 38.2 Å². The van der Waals surface area contributed by atoms with Crippen LogP contribution < -0.4 is 5.32 Å². The predicted molar refractivity (Wildman–Crippen MR) is 116 cm³/mol. The molecule has 1 N–H and O–H groups in total. The van der Waals surface area contributed by atoms with Gasteiger partial charge in [-0.25, -0.2) is 18.4 Å². The van der Waals surface area contributed by atoms with E-state index in [0.29, 0.717) is 25.9 Å². The fourth-order valence-electron chi connectivity index (χ4n) is 3.77. The molecule has 1 aromatic carbocycles. The van der Waals surface area contributed by atoms with Crippen molar-refractivity contribution >= 4 is 15.9 Å². The van der Waals surface area contributed by atoms with Crippen LogP contribution in [0.2, 0.25) is 0 Å². The topological polar surface area (TPSA) is 97.2 Å². The molecule has 162 valence electrons. The van der Waals surface area contributed by atoms with Crippen LogP contribution in [0.15, 0.2) is 66.0 Å². The second kappa shape index (κ2) is 8.99. The highest BCUT2D eigenvalue weighted by atomic mass is 32.2. The van der Waals surface area contributed by atoms with Gasteiger partial charge in [-0.2, -0.15) is 4.31 Å². The maximum Gasteiger partial charge on any atom is 0.243 e. The molecule has 31 heavy (non-hydrogen) atoms. The maximum atomic E-state index is 12.9. The number of aromatic nitrogens is 3. The number of pyridine rings is 1. The number of nitrogens with one attached hydrogen (secondary N) is 1. The fourth-order valence-corrected chi connectivity index (χ4v) is 5.32. The Bertz CT molecular complexity index is 1160. The molecule has 9 heteroatoms. The third-order valence-corrected chi connectivity index (χ3v) is 7.36. The average molecular weight is 440 g/mol. The number of imidazole rings is 1. The van der Waals surface area contributed by atoms with Crippen molar-refractivity contribution < 1.29 is 13.2 Å². The largest absolute Gasteiger partial charge is 0.352 e. The maximum absolute atomic E-state index is 12.9. The lowest BCUT2D eigenvalue weighted by molar-refractivity contribution is -0.126. The number of nitrogens with zero attached hydrogens (tertiary/aromatic N) is 4. The lowest BCUT2D eigenvalue weighted by Gasteiger charge is -2.31. The van der Waals surface area contributed by atoms with Gasteiger partial charge in [0.1, 0.15) is 11.6 Å². The summed E-state index contributed by atoms with van der Waals surface area (Å²) in [5, 5.41) is 2.95. The van der Waals surface area contributed by atoms with Crippen molar-refractivity contribution in [3.63, 3.8) is 0 Å². The van der Waals surface area contributed by atoms with Gasteiger partial charge in [0.15, 0.2) is 0 Å². The van der Waals surface area contributed by atoms with E-state index in [1.807, 2.05) is 29.8 Å². The number of hydrogen-bond donors (Lipinski definition) is 1. The van der Waals surface area contributed by atoms with Crippen LogP contribution in [0.5, 0.6) is 0 Å². The molecule has 1 amide bonds. The summed E-state index contributed by atoms with van der Waals surface area (Å²) in [7, 11) is -3.59. The van der Waals surface area contributed by atoms with Crippen LogP contribution in [0.25, 0.3) is 5.82 Å². The van der Waals surface area contributed by atoms with E-state index in [4.69, 9.17) is 0 Å². The monoisotopic (exact) mass is 439 g/mol. The van der Waals surface area contributed by atoms with Gasteiger partial charge in [-0.3, -0.25) is 9.36 Å². The highest BCUT2D eigenvalue weighted by Gasteiger charge is 2.33. The van der Waals surface area contributed by atoms with Gasteiger partial charge in [0.05, 0.1) is 10.8 Å². The molecule has 1 aliphatic heterocycles. The Morgan fingerprint density at radius 3 is 2.71 bits per heavy atom. The standard InChI is InChI=1S/C22H25N5O3S/c1-17-23-11-13-27(17)21-14-18(9-10-24-21)15-25-22(28)19-6-5-12-26(16-19)31(29,30)20-7-3-2-4-8-20/h2-4,7-11,13-14,19H,5-6,12,15-16H2,1H3,(H,25,28). The smallest absolute Gasteiger partial charge is 0.243 e. The molecule has 1 fully saturated rings. The third-order valence-electron chi connectivity index (χ3n) is 5.49. The number of sulfonamides is 1. The van der Waals surface area contributed by atoms with Crippen molar-refractivity contribution in [2.24, 2.45) is 5.92 Å². The number of benzene rings is 1. The first kappa shape index (κ1) is 21.2. The Balaban J connectivity index is 1.40. The van der Waals surface area contributed by atoms with Gasteiger partial charge < -0.3 is 5.32 Å². The van der Waals surface area contributed by atoms with Crippen LogP contribution in [0.1, 0.15) is 24.2 Å². The summed E-state index contributed by atoms with van der Waals surface area (Å²) in [6.45, 7) is 2.87. The van der Waals surface area contributed by atoms with Crippen LogP contribution >= 0.6 is 0 Å². The van der Waals surface area contributed by atoms with Crippen molar-refractivity contribution in [3.8, 4) is 5.82 Å². The molecule has 1 atom stereocenters. The van der Waals surface area contributed by atoms with Gasteiger partial charge in [-0.1, -0.05) is 18.2 Å². The number of rotatable bonds is 6. The van der Waals surface area contributed by atoms with Crippen molar-refractivity contribution in [1.29, 1.82) is 0 Å². The zero-order valence-electron chi connectivity index (χ0n) is 17.3. The Hall–Kier alpha value is -3.04. The molecule has 2 aromatic heterocycles. The quantitative estimate of drug-likeness (QED) is 0.636. The summed E-state index contributed by atoms with van der Waals surface area (Å²) in [5.74, 6) is 1.06. The van der Waals surface area contributed by atoms with E-state index in [0.717, 1.165) is 17.2 Å². The normalized spacial score (nSPS) is 17.4. The average Bonchev–Trinajstić information content (AvgIpc) is 3.24. The molecule has 0 saturated carbocycles. The third kappa shape index (κ3) is 4.67. The summed E-state index contributed by atoms with van der Waals surface area (Å²) in [5.41, 5.74) is 0.913. The number of aryl methyl sites for hydroxylation is 1. The van der Waals surface area contributed by atoms with Gasteiger partial charge in [-0.15, -0.1) is 0 Å². The molecule has 0 bridgehead atoms. The van der Waals surface area contributed by atoms with Crippen molar-refractivity contribution in [2.45, 2.75) is 31.2 Å². The minimum Gasteiger partial charge on any atom is -0.352 e. The molecule has 4 rings (SSSR count). The summed E-state index contributed by atoms with van der Waals surface area (Å²) in [6.07, 6.45) is 6.57. The van der Waals surface area contributed by atoms with Crippen molar-refractivity contribution in [3.05, 3.63) is 72.4 Å². The molecule has 3 heterocycles. The van der Waals surface area contributed by atoms with E-state index in [1.54, 1.807) is 42.7 Å². The van der Waals surface area contributed by atoms with Crippen molar-refractivity contribution in [2.75, 3.05) is 13.1 Å². The number of carbonyl (C=O) groups excluding carboxylic acids is 1. The minimum absolute atomic E-state index is 0.134. The molecule has 8 nitrogen and oxygen atoms in total. The summed E-state index contributed by atoms with van der Waals surface area (Å²) >= 11 is 0. The van der Waals surface area contributed by atoms with Crippen LogP contribution in [-0.2, 0) is 21.4 Å². The Labute approximate surface area is 182 Å². The molecule has 1 unspecified atom stereocenters.